The quantitative estimate of drug-likeness (QED) is 0.458. The summed E-state index contributed by atoms with van der Waals surface area (Å²) in [5.41, 5.74) is 3.12. The number of fused-ring (bicyclic) bond motifs is 1. The standard InChI is InChI=1S/C25H28N6O/c1-3-22-27-30-25(32-22)23-20-6-4-5-7-21(20)24(29-28-23)26-16-18-8-10-19(11-9-18)31-14-12-17(2)13-15-31/h4-11,17H,3,12-16H2,1-2H3,(H,26,29). The number of nitrogens with one attached hydrogen (secondary N) is 1. The van der Waals surface area contributed by atoms with Crippen molar-refractivity contribution in [2.45, 2.75) is 39.7 Å². The molecule has 1 aliphatic heterocycles. The number of rotatable bonds is 6. The lowest BCUT2D eigenvalue weighted by Gasteiger charge is -2.32. The summed E-state index contributed by atoms with van der Waals surface area (Å²) in [6, 6.07) is 16.8. The molecule has 0 saturated carbocycles. The molecule has 2 aromatic carbocycles. The second kappa shape index (κ2) is 8.94. The summed E-state index contributed by atoms with van der Waals surface area (Å²) in [5.74, 6) is 2.58. The summed E-state index contributed by atoms with van der Waals surface area (Å²) in [4.78, 5) is 2.48. The molecule has 7 heteroatoms. The number of anilines is 2. The number of aromatic nitrogens is 4. The van der Waals surface area contributed by atoms with Crippen molar-refractivity contribution in [3.8, 4) is 11.6 Å². The molecular formula is C25H28N6O. The lowest BCUT2D eigenvalue weighted by molar-refractivity contribution is 0.438. The van der Waals surface area contributed by atoms with Gasteiger partial charge in [0, 0.05) is 42.5 Å². The van der Waals surface area contributed by atoms with E-state index in [-0.39, 0.29) is 0 Å². The molecule has 0 atom stereocenters. The third-order valence-corrected chi connectivity index (χ3v) is 6.20. The van der Waals surface area contributed by atoms with E-state index < -0.39 is 0 Å². The molecule has 0 radical (unpaired) electrons. The van der Waals surface area contributed by atoms with E-state index >= 15 is 0 Å². The molecule has 4 aromatic rings. The highest BCUT2D eigenvalue weighted by Crippen LogP contribution is 2.29. The van der Waals surface area contributed by atoms with Crippen LogP contribution in [0.5, 0.6) is 0 Å². The van der Waals surface area contributed by atoms with Gasteiger partial charge in [0.05, 0.1) is 0 Å². The highest BCUT2D eigenvalue weighted by atomic mass is 16.4. The number of nitrogens with zero attached hydrogens (tertiary/aromatic N) is 5. The van der Waals surface area contributed by atoms with Crippen molar-refractivity contribution in [3.63, 3.8) is 0 Å². The molecule has 2 aromatic heterocycles. The minimum absolute atomic E-state index is 0.403. The highest BCUT2D eigenvalue weighted by molar-refractivity contribution is 5.98. The second-order valence-corrected chi connectivity index (χ2v) is 8.49. The van der Waals surface area contributed by atoms with Gasteiger partial charge in [0.2, 0.25) is 5.89 Å². The Labute approximate surface area is 187 Å². The molecule has 1 saturated heterocycles. The van der Waals surface area contributed by atoms with Crippen LogP contribution in [0.4, 0.5) is 11.5 Å². The van der Waals surface area contributed by atoms with Gasteiger partial charge in [0.1, 0.15) is 0 Å². The largest absolute Gasteiger partial charge is 0.419 e. The Morgan fingerprint density at radius 2 is 1.69 bits per heavy atom. The first-order valence-corrected chi connectivity index (χ1v) is 11.4. The normalized spacial score (nSPS) is 14.8. The van der Waals surface area contributed by atoms with Gasteiger partial charge < -0.3 is 14.6 Å². The Hall–Kier alpha value is -3.48. The number of piperidine rings is 1. The van der Waals surface area contributed by atoms with Gasteiger partial charge in [-0.25, -0.2) is 0 Å². The van der Waals surface area contributed by atoms with Crippen molar-refractivity contribution >= 4 is 22.3 Å². The number of aryl methyl sites for hydroxylation is 1. The Bertz CT molecular complexity index is 1190. The molecule has 0 aliphatic carbocycles. The maximum absolute atomic E-state index is 5.71. The van der Waals surface area contributed by atoms with Crippen LogP contribution in [0.2, 0.25) is 0 Å². The zero-order valence-electron chi connectivity index (χ0n) is 18.6. The van der Waals surface area contributed by atoms with Crippen molar-refractivity contribution in [2.75, 3.05) is 23.3 Å². The van der Waals surface area contributed by atoms with Gasteiger partial charge in [-0.05, 0) is 36.5 Å². The van der Waals surface area contributed by atoms with Crippen LogP contribution in [0.3, 0.4) is 0 Å². The fourth-order valence-electron chi connectivity index (χ4n) is 4.16. The average Bonchev–Trinajstić information content (AvgIpc) is 3.32. The Morgan fingerprint density at radius 3 is 2.41 bits per heavy atom. The summed E-state index contributed by atoms with van der Waals surface area (Å²) >= 11 is 0. The van der Waals surface area contributed by atoms with Gasteiger partial charge in [-0.15, -0.1) is 20.4 Å². The molecule has 5 rings (SSSR count). The lowest BCUT2D eigenvalue weighted by Crippen LogP contribution is -2.32. The van der Waals surface area contributed by atoms with Crippen LogP contribution in [0.25, 0.3) is 22.4 Å². The fraction of sp³-hybridized carbons (Fsp3) is 0.360. The predicted octanol–water partition coefficient (Wildman–Crippen LogP) is 5.09. The summed E-state index contributed by atoms with van der Waals surface area (Å²) in [7, 11) is 0. The topological polar surface area (TPSA) is 80.0 Å². The second-order valence-electron chi connectivity index (χ2n) is 8.49. The molecule has 0 bridgehead atoms. The Balaban J connectivity index is 1.33. The molecule has 1 aliphatic rings. The first-order valence-electron chi connectivity index (χ1n) is 11.4. The van der Waals surface area contributed by atoms with Gasteiger partial charge in [-0.2, -0.15) is 0 Å². The Kier molecular flexibility index (Phi) is 5.71. The molecule has 0 amide bonds. The zero-order valence-corrected chi connectivity index (χ0v) is 18.6. The smallest absolute Gasteiger partial charge is 0.268 e. The van der Waals surface area contributed by atoms with E-state index in [4.69, 9.17) is 4.42 Å². The van der Waals surface area contributed by atoms with Gasteiger partial charge in [0.25, 0.3) is 5.89 Å². The fourth-order valence-corrected chi connectivity index (χ4v) is 4.16. The van der Waals surface area contributed by atoms with Crippen LogP contribution >= 0.6 is 0 Å². The maximum Gasteiger partial charge on any atom is 0.268 e. The lowest BCUT2D eigenvalue weighted by atomic mass is 9.99. The first kappa shape index (κ1) is 20.4. The van der Waals surface area contributed by atoms with Gasteiger partial charge >= 0.3 is 0 Å². The number of benzene rings is 2. The highest BCUT2D eigenvalue weighted by Gasteiger charge is 2.17. The SMILES string of the molecule is CCc1nnc(-c2nnc(NCc3ccc(N4CCC(C)CC4)cc3)c3ccccc23)o1. The summed E-state index contributed by atoms with van der Waals surface area (Å²) in [6.07, 6.45) is 3.23. The van der Waals surface area contributed by atoms with Crippen LogP contribution in [-0.2, 0) is 13.0 Å². The van der Waals surface area contributed by atoms with Crippen LogP contribution in [0.15, 0.2) is 52.9 Å². The van der Waals surface area contributed by atoms with Crippen molar-refractivity contribution in [3.05, 3.63) is 60.0 Å². The van der Waals surface area contributed by atoms with Gasteiger partial charge in [-0.1, -0.05) is 50.2 Å². The molecule has 7 nitrogen and oxygen atoms in total. The van der Waals surface area contributed by atoms with Crippen molar-refractivity contribution < 1.29 is 4.42 Å². The van der Waals surface area contributed by atoms with Gasteiger partial charge in [0.15, 0.2) is 11.5 Å². The minimum Gasteiger partial charge on any atom is -0.419 e. The summed E-state index contributed by atoms with van der Waals surface area (Å²) in [5, 5.41) is 22.4. The van der Waals surface area contributed by atoms with Crippen molar-refractivity contribution in [1.82, 2.24) is 20.4 Å². The first-order chi connectivity index (χ1) is 15.7. The zero-order chi connectivity index (χ0) is 21.9. The summed E-state index contributed by atoms with van der Waals surface area (Å²) < 4.78 is 5.71. The van der Waals surface area contributed by atoms with E-state index in [0.717, 1.165) is 35.6 Å². The number of hydrogen-bond donors (Lipinski definition) is 1. The molecular weight excluding hydrogens is 400 g/mol. The van der Waals surface area contributed by atoms with Crippen LogP contribution in [0.1, 0.15) is 38.1 Å². The molecule has 1 N–H and O–H groups in total. The van der Waals surface area contributed by atoms with E-state index in [2.05, 4.69) is 61.8 Å². The number of hydrogen-bond acceptors (Lipinski definition) is 7. The van der Waals surface area contributed by atoms with Crippen LogP contribution in [0, 0.1) is 5.92 Å². The van der Waals surface area contributed by atoms with E-state index in [1.165, 1.54) is 24.1 Å². The minimum atomic E-state index is 0.403. The van der Waals surface area contributed by atoms with E-state index in [1.54, 1.807) is 0 Å². The van der Waals surface area contributed by atoms with Crippen molar-refractivity contribution in [2.24, 2.45) is 5.92 Å². The molecule has 1 fully saturated rings. The molecule has 32 heavy (non-hydrogen) atoms. The molecule has 0 spiro atoms. The van der Waals surface area contributed by atoms with Gasteiger partial charge in [-0.3, -0.25) is 0 Å². The molecule has 164 valence electrons. The average molecular weight is 429 g/mol. The predicted molar refractivity (Wildman–Crippen MR) is 127 cm³/mol. The van der Waals surface area contributed by atoms with E-state index in [9.17, 15) is 0 Å². The maximum atomic E-state index is 5.71. The van der Waals surface area contributed by atoms with Crippen LogP contribution in [-0.4, -0.2) is 33.5 Å². The third kappa shape index (κ3) is 4.15. The monoisotopic (exact) mass is 428 g/mol. The Morgan fingerprint density at radius 1 is 0.938 bits per heavy atom. The molecule has 0 unspecified atom stereocenters. The summed E-state index contributed by atoms with van der Waals surface area (Å²) in [6.45, 7) is 7.29. The van der Waals surface area contributed by atoms with E-state index in [1.807, 2.05) is 31.2 Å². The van der Waals surface area contributed by atoms with Crippen molar-refractivity contribution in [1.29, 1.82) is 0 Å². The van der Waals surface area contributed by atoms with Crippen LogP contribution < -0.4 is 10.2 Å². The third-order valence-electron chi connectivity index (χ3n) is 6.20. The van der Waals surface area contributed by atoms with E-state index in [0.29, 0.717) is 30.4 Å². The molecule has 3 heterocycles.